The summed E-state index contributed by atoms with van der Waals surface area (Å²) in [5.41, 5.74) is 0.528. The second-order valence-corrected chi connectivity index (χ2v) is 4.84. The second kappa shape index (κ2) is 5.08. The van der Waals surface area contributed by atoms with Crippen molar-refractivity contribution in [1.82, 2.24) is 5.32 Å². The fourth-order valence-electron chi connectivity index (χ4n) is 1.39. The summed E-state index contributed by atoms with van der Waals surface area (Å²) in [6.07, 6.45) is 1.96. The molecule has 2 rings (SSSR count). The van der Waals surface area contributed by atoms with Crippen molar-refractivity contribution in [1.29, 1.82) is 0 Å². The number of nitrogens with one attached hydrogen (secondary N) is 1. The SMILES string of the molecule is CSc1ccc(Cl)c(C(=O)NC2COC2)c1. The molecular formula is C11H12ClNO2S. The first-order valence-electron chi connectivity index (χ1n) is 4.93. The van der Waals surface area contributed by atoms with Crippen molar-refractivity contribution in [2.45, 2.75) is 10.9 Å². The zero-order chi connectivity index (χ0) is 11.5. The Morgan fingerprint density at radius 3 is 2.88 bits per heavy atom. The number of thioether (sulfide) groups is 1. The van der Waals surface area contributed by atoms with Crippen molar-refractivity contribution in [3.8, 4) is 0 Å². The lowest BCUT2D eigenvalue weighted by Gasteiger charge is -2.26. The number of rotatable bonds is 3. The number of hydrogen-bond donors (Lipinski definition) is 1. The monoisotopic (exact) mass is 257 g/mol. The Morgan fingerprint density at radius 1 is 1.56 bits per heavy atom. The zero-order valence-electron chi connectivity index (χ0n) is 8.83. The molecule has 1 aliphatic heterocycles. The van der Waals surface area contributed by atoms with Crippen LogP contribution in [0.25, 0.3) is 0 Å². The van der Waals surface area contributed by atoms with Gasteiger partial charge in [-0.3, -0.25) is 4.79 Å². The summed E-state index contributed by atoms with van der Waals surface area (Å²) in [5, 5.41) is 3.35. The maximum absolute atomic E-state index is 11.9. The van der Waals surface area contributed by atoms with Crippen LogP contribution < -0.4 is 5.32 Å². The average Bonchev–Trinajstić information content (AvgIpc) is 2.24. The Balaban J connectivity index is 2.13. The highest BCUT2D eigenvalue weighted by Gasteiger charge is 2.22. The molecule has 1 aromatic rings. The van der Waals surface area contributed by atoms with E-state index < -0.39 is 0 Å². The summed E-state index contributed by atoms with van der Waals surface area (Å²) in [5.74, 6) is -0.130. The van der Waals surface area contributed by atoms with Crippen molar-refractivity contribution in [3.05, 3.63) is 28.8 Å². The van der Waals surface area contributed by atoms with E-state index in [-0.39, 0.29) is 11.9 Å². The van der Waals surface area contributed by atoms with Crippen LogP contribution >= 0.6 is 23.4 Å². The minimum Gasteiger partial charge on any atom is -0.377 e. The first-order valence-corrected chi connectivity index (χ1v) is 6.53. The Morgan fingerprint density at radius 2 is 2.31 bits per heavy atom. The van der Waals surface area contributed by atoms with Gasteiger partial charge in [0.1, 0.15) is 0 Å². The molecule has 0 unspecified atom stereocenters. The van der Waals surface area contributed by atoms with E-state index in [0.29, 0.717) is 23.8 Å². The molecule has 0 aliphatic carbocycles. The molecule has 5 heteroatoms. The quantitative estimate of drug-likeness (QED) is 0.844. The summed E-state index contributed by atoms with van der Waals surface area (Å²) in [6.45, 7) is 1.18. The van der Waals surface area contributed by atoms with Crippen LogP contribution in [0.15, 0.2) is 23.1 Å². The molecule has 3 nitrogen and oxygen atoms in total. The van der Waals surface area contributed by atoms with Gasteiger partial charge < -0.3 is 10.1 Å². The van der Waals surface area contributed by atoms with Crippen LogP contribution in [0.3, 0.4) is 0 Å². The van der Waals surface area contributed by atoms with Crippen LogP contribution in [-0.4, -0.2) is 31.4 Å². The lowest BCUT2D eigenvalue weighted by Crippen LogP contribution is -2.48. The third kappa shape index (κ3) is 2.51. The molecule has 1 fully saturated rings. The van der Waals surface area contributed by atoms with Gasteiger partial charge in [0.05, 0.1) is 29.8 Å². The lowest BCUT2D eigenvalue weighted by molar-refractivity contribution is -0.00346. The molecule has 1 N–H and O–H groups in total. The predicted octanol–water partition coefficient (Wildman–Crippen LogP) is 2.19. The van der Waals surface area contributed by atoms with E-state index in [0.717, 1.165) is 4.90 Å². The number of carbonyl (C=O) groups excluding carboxylic acids is 1. The molecule has 1 amide bonds. The van der Waals surface area contributed by atoms with Gasteiger partial charge in [0.2, 0.25) is 0 Å². The van der Waals surface area contributed by atoms with E-state index in [1.165, 1.54) is 0 Å². The van der Waals surface area contributed by atoms with Crippen LogP contribution in [-0.2, 0) is 4.74 Å². The van der Waals surface area contributed by atoms with Crippen LogP contribution in [0.1, 0.15) is 10.4 Å². The average molecular weight is 258 g/mol. The van der Waals surface area contributed by atoms with Crippen molar-refractivity contribution < 1.29 is 9.53 Å². The van der Waals surface area contributed by atoms with Crippen LogP contribution in [0.2, 0.25) is 5.02 Å². The number of amides is 1. The highest BCUT2D eigenvalue weighted by molar-refractivity contribution is 7.98. The molecule has 1 heterocycles. The van der Waals surface area contributed by atoms with Crippen LogP contribution in [0.4, 0.5) is 0 Å². The van der Waals surface area contributed by atoms with Gasteiger partial charge in [-0.25, -0.2) is 0 Å². The van der Waals surface area contributed by atoms with Gasteiger partial charge in [0, 0.05) is 4.90 Å². The molecule has 0 spiro atoms. The van der Waals surface area contributed by atoms with E-state index in [1.807, 2.05) is 18.4 Å². The maximum atomic E-state index is 11.9. The van der Waals surface area contributed by atoms with Crippen LogP contribution in [0.5, 0.6) is 0 Å². The molecule has 16 heavy (non-hydrogen) atoms. The molecular weight excluding hydrogens is 246 g/mol. The summed E-state index contributed by atoms with van der Waals surface area (Å²) >= 11 is 7.58. The van der Waals surface area contributed by atoms with Crippen molar-refractivity contribution in [2.24, 2.45) is 0 Å². The largest absolute Gasteiger partial charge is 0.377 e. The van der Waals surface area contributed by atoms with Gasteiger partial charge in [-0.2, -0.15) is 0 Å². The van der Waals surface area contributed by atoms with Crippen molar-refractivity contribution in [3.63, 3.8) is 0 Å². The number of carbonyl (C=O) groups is 1. The number of halogens is 1. The zero-order valence-corrected chi connectivity index (χ0v) is 10.4. The fourth-order valence-corrected chi connectivity index (χ4v) is 2.03. The summed E-state index contributed by atoms with van der Waals surface area (Å²) in [7, 11) is 0. The van der Waals surface area contributed by atoms with Gasteiger partial charge in [-0.05, 0) is 24.5 Å². The maximum Gasteiger partial charge on any atom is 0.253 e. The van der Waals surface area contributed by atoms with Crippen molar-refractivity contribution in [2.75, 3.05) is 19.5 Å². The van der Waals surface area contributed by atoms with Crippen molar-refractivity contribution >= 4 is 29.3 Å². The molecule has 0 atom stereocenters. The molecule has 1 saturated heterocycles. The molecule has 0 radical (unpaired) electrons. The minimum absolute atomic E-state index is 0.126. The molecule has 1 aromatic carbocycles. The van der Waals surface area contributed by atoms with Gasteiger partial charge >= 0.3 is 0 Å². The number of hydrogen-bond acceptors (Lipinski definition) is 3. The van der Waals surface area contributed by atoms with E-state index in [1.54, 1.807) is 17.8 Å². The van der Waals surface area contributed by atoms with Gasteiger partial charge in [-0.15, -0.1) is 11.8 Å². The van der Waals surface area contributed by atoms with E-state index >= 15 is 0 Å². The van der Waals surface area contributed by atoms with Crippen LogP contribution in [0, 0.1) is 0 Å². The molecule has 0 aromatic heterocycles. The molecule has 0 bridgehead atoms. The number of ether oxygens (including phenoxy) is 1. The van der Waals surface area contributed by atoms with E-state index in [2.05, 4.69) is 5.32 Å². The highest BCUT2D eigenvalue weighted by Crippen LogP contribution is 2.23. The van der Waals surface area contributed by atoms with Gasteiger partial charge in [0.25, 0.3) is 5.91 Å². The Bertz CT molecular complexity index is 407. The summed E-state index contributed by atoms with van der Waals surface area (Å²) in [6, 6.07) is 5.58. The minimum atomic E-state index is -0.130. The molecule has 86 valence electrons. The Hall–Kier alpha value is -0.710. The lowest BCUT2D eigenvalue weighted by atomic mass is 10.2. The Labute approximate surface area is 104 Å². The number of benzene rings is 1. The molecule has 1 aliphatic rings. The third-order valence-electron chi connectivity index (χ3n) is 2.39. The summed E-state index contributed by atoms with van der Waals surface area (Å²) < 4.78 is 4.99. The first kappa shape index (κ1) is 11.8. The van der Waals surface area contributed by atoms with Gasteiger partial charge in [0.15, 0.2) is 0 Å². The normalized spacial score (nSPS) is 15.6. The third-order valence-corrected chi connectivity index (χ3v) is 3.45. The van der Waals surface area contributed by atoms with Gasteiger partial charge in [-0.1, -0.05) is 11.6 Å². The van der Waals surface area contributed by atoms with E-state index in [9.17, 15) is 4.79 Å². The first-order chi connectivity index (χ1) is 7.70. The fraction of sp³-hybridized carbons (Fsp3) is 0.364. The topological polar surface area (TPSA) is 38.3 Å². The van der Waals surface area contributed by atoms with E-state index in [4.69, 9.17) is 16.3 Å². The standard InChI is InChI=1S/C11H12ClNO2S/c1-16-8-2-3-10(12)9(4-8)11(14)13-7-5-15-6-7/h2-4,7H,5-6H2,1H3,(H,13,14). The second-order valence-electron chi connectivity index (χ2n) is 3.55. The Kier molecular flexibility index (Phi) is 3.74. The smallest absolute Gasteiger partial charge is 0.253 e. The molecule has 0 saturated carbocycles. The summed E-state index contributed by atoms with van der Waals surface area (Å²) in [4.78, 5) is 12.9. The predicted molar refractivity (Wildman–Crippen MR) is 65.3 cm³/mol. The highest BCUT2D eigenvalue weighted by atomic mass is 35.5.